The minimum absolute atomic E-state index is 0.108. The molecule has 0 saturated carbocycles. The van der Waals surface area contributed by atoms with Gasteiger partial charge in [0.15, 0.2) is 11.6 Å². The number of fused-ring (bicyclic) bond motifs is 1. The van der Waals surface area contributed by atoms with Crippen LogP contribution in [0, 0.1) is 5.92 Å². The summed E-state index contributed by atoms with van der Waals surface area (Å²) in [5.41, 5.74) is 7.53. The number of piperidine rings is 1. The number of aliphatic imine (C=N–C) groups is 1. The van der Waals surface area contributed by atoms with Gasteiger partial charge in [0.2, 0.25) is 0 Å². The van der Waals surface area contributed by atoms with Gasteiger partial charge >= 0.3 is 0 Å². The van der Waals surface area contributed by atoms with E-state index in [0.717, 1.165) is 37.4 Å². The quantitative estimate of drug-likeness (QED) is 0.368. The lowest BCUT2D eigenvalue weighted by atomic mass is 10.00. The Bertz CT molecular complexity index is 801. The van der Waals surface area contributed by atoms with Crippen LogP contribution in [0.5, 0.6) is 0 Å². The standard InChI is InChI=1S/C18H23FN6/c1-2-15(19)18(23-10-12-5-3-7-21-9-12)25-16(20)14-11-24-17-13(14)6-4-8-22-17/h2,4,6,8,11-12,21,23H,1,3,5,7,9-10H2,(H2,20,25)(H,22,24)/b18-15+/t12-/m0/s1. The van der Waals surface area contributed by atoms with E-state index in [9.17, 15) is 4.39 Å². The first kappa shape index (κ1) is 17.2. The van der Waals surface area contributed by atoms with E-state index in [-0.39, 0.29) is 11.7 Å². The predicted octanol–water partition coefficient (Wildman–Crippen LogP) is 2.18. The number of H-pyrrole nitrogens is 1. The van der Waals surface area contributed by atoms with Gasteiger partial charge in [-0.15, -0.1) is 0 Å². The summed E-state index contributed by atoms with van der Waals surface area (Å²) in [5, 5.41) is 7.27. The maximum absolute atomic E-state index is 14.2. The van der Waals surface area contributed by atoms with Crippen molar-refractivity contribution in [2.24, 2.45) is 16.6 Å². The molecule has 1 aliphatic rings. The molecular formula is C18H23FN6. The molecule has 0 radical (unpaired) electrons. The van der Waals surface area contributed by atoms with Crippen LogP contribution in [0.15, 0.2) is 53.8 Å². The van der Waals surface area contributed by atoms with Crippen molar-refractivity contribution in [2.75, 3.05) is 19.6 Å². The summed E-state index contributed by atoms with van der Waals surface area (Å²) in [7, 11) is 0. The smallest absolute Gasteiger partial charge is 0.164 e. The zero-order valence-corrected chi connectivity index (χ0v) is 14.1. The summed E-state index contributed by atoms with van der Waals surface area (Å²) < 4.78 is 14.2. The highest BCUT2D eigenvalue weighted by atomic mass is 19.1. The molecule has 132 valence electrons. The van der Waals surface area contributed by atoms with Crippen molar-refractivity contribution in [3.8, 4) is 0 Å². The number of nitrogens with zero attached hydrogens (tertiary/aromatic N) is 2. The molecule has 0 bridgehead atoms. The number of nitrogens with one attached hydrogen (secondary N) is 3. The molecular weight excluding hydrogens is 319 g/mol. The number of pyridine rings is 1. The maximum atomic E-state index is 14.2. The lowest BCUT2D eigenvalue weighted by Gasteiger charge is -2.23. The summed E-state index contributed by atoms with van der Waals surface area (Å²) in [4.78, 5) is 11.5. The summed E-state index contributed by atoms with van der Waals surface area (Å²) >= 11 is 0. The summed E-state index contributed by atoms with van der Waals surface area (Å²) in [6.45, 7) is 6.08. The first-order chi connectivity index (χ1) is 12.2. The van der Waals surface area contributed by atoms with Gasteiger partial charge in [-0.25, -0.2) is 14.4 Å². The minimum Gasteiger partial charge on any atom is -0.383 e. The van der Waals surface area contributed by atoms with E-state index in [2.05, 4.69) is 32.2 Å². The molecule has 0 aliphatic carbocycles. The van der Waals surface area contributed by atoms with Crippen LogP contribution in [-0.2, 0) is 0 Å². The van der Waals surface area contributed by atoms with Crippen LogP contribution in [0.4, 0.5) is 4.39 Å². The highest BCUT2D eigenvalue weighted by Crippen LogP contribution is 2.17. The highest BCUT2D eigenvalue weighted by molar-refractivity contribution is 6.08. The van der Waals surface area contributed by atoms with Gasteiger partial charge in [-0.05, 0) is 50.1 Å². The first-order valence-electron chi connectivity index (χ1n) is 8.42. The molecule has 2 aromatic rings. The molecule has 7 heteroatoms. The van der Waals surface area contributed by atoms with Crippen LogP contribution in [0.2, 0.25) is 0 Å². The van der Waals surface area contributed by atoms with Crippen LogP contribution in [0.25, 0.3) is 11.0 Å². The van der Waals surface area contributed by atoms with Crippen molar-refractivity contribution in [2.45, 2.75) is 12.8 Å². The van der Waals surface area contributed by atoms with E-state index in [1.807, 2.05) is 12.1 Å². The average Bonchev–Trinajstić information content (AvgIpc) is 3.09. The Morgan fingerprint density at radius 1 is 1.56 bits per heavy atom. The van der Waals surface area contributed by atoms with Gasteiger partial charge in [-0.3, -0.25) is 0 Å². The number of allylic oxidation sites excluding steroid dienone is 2. The monoisotopic (exact) mass is 342 g/mol. The molecule has 0 amide bonds. The van der Waals surface area contributed by atoms with Crippen LogP contribution >= 0.6 is 0 Å². The Balaban J connectivity index is 1.81. The second-order valence-corrected chi connectivity index (χ2v) is 6.09. The van der Waals surface area contributed by atoms with Crippen LogP contribution in [-0.4, -0.2) is 35.4 Å². The van der Waals surface area contributed by atoms with Crippen molar-refractivity contribution in [3.63, 3.8) is 0 Å². The topological polar surface area (TPSA) is 91.1 Å². The molecule has 0 spiro atoms. The number of nitrogens with two attached hydrogens (primary N) is 1. The summed E-state index contributed by atoms with van der Waals surface area (Å²) in [6.07, 6.45) is 6.79. The number of aromatic nitrogens is 2. The van der Waals surface area contributed by atoms with E-state index >= 15 is 0 Å². The highest BCUT2D eigenvalue weighted by Gasteiger charge is 2.15. The van der Waals surface area contributed by atoms with Gasteiger partial charge in [0, 0.05) is 29.9 Å². The molecule has 2 aromatic heterocycles. The average molecular weight is 342 g/mol. The molecule has 3 heterocycles. The van der Waals surface area contributed by atoms with Gasteiger partial charge in [-0.1, -0.05) is 6.58 Å². The molecule has 0 unspecified atom stereocenters. The Morgan fingerprint density at radius 3 is 3.20 bits per heavy atom. The molecule has 1 saturated heterocycles. The minimum atomic E-state index is -0.523. The van der Waals surface area contributed by atoms with Crippen molar-refractivity contribution >= 4 is 16.9 Å². The van der Waals surface area contributed by atoms with Gasteiger partial charge in [-0.2, -0.15) is 0 Å². The molecule has 1 aliphatic heterocycles. The lowest BCUT2D eigenvalue weighted by Crippen LogP contribution is -2.36. The molecule has 0 aromatic carbocycles. The van der Waals surface area contributed by atoms with Crippen LogP contribution in [0.1, 0.15) is 18.4 Å². The fraction of sp³-hybridized carbons (Fsp3) is 0.333. The van der Waals surface area contributed by atoms with Gasteiger partial charge in [0.1, 0.15) is 11.5 Å². The third kappa shape index (κ3) is 4.06. The van der Waals surface area contributed by atoms with Crippen molar-refractivity contribution < 1.29 is 4.39 Å². The fourth-order valence-corrected chi connectivity index (χ4v) is 2.96. The molecule has 25 heavy (non-hydrogen) atoms. The van der Waals surface area contributed by atoms with E-state index in [1.54, 1.807) is 12.4 Å². The molecule has 6 nitrogen and oxygen atoms in total. The Kier molecular flexibility index (Phi) is 5.45. The van der Waals surface area contributed by atoms with Gasteiger partial charge in [0.05, 0.1) is 0 Å². The number of amidine groups is 1. The van der Waals surface area contributed by atoms with E-state index < -0.39 is 5.83 Å². The largest absolute Gasteiger partial charge is 0.383 e. The Labute approximate surface area is 146 Å². The predicted molar refractivity (Wildman–Crippen MR) is 98.7 cm³/mol. The van der Waals surface area contributed by atoms with Crippen molar-refractivity contribution in [3.05, 3.63) is 54.4 Å². The van der Waals surface area contributed by atoms with E-state index in [4.69, 9.17) is 5.73 Å². The van der Waals surface area contributed by atoms with E-state index in [0.29, 0.717) is 23.7 Å². The number of hydrogen-bond donors (Lipinski definition) is 4. The van der Waals surface area contributed by atoms with Crippen molar-refractivity contribution in [1.29, 1.82) is 0 Å². The Hall–Kier alpha value is -2.67. The van der Waals surface area contributed by atoms with Crippen molar-refractivity contribution in [1.82, 2.24) is 20.6 Å². The third-order valence-electron chi connectivity index (χ3n) is 4.32. The van der Waals surface area contributed by atoms with Gasteiger partial charge in [0.25, 0.3) is 0 Å². The van der Waals surface area contributed by atoms with Crippen LogP contribution in [0.3, 0.4) is 0 Å². The van der Waals surface area contributed by atoms with Crippen LogP contribution < -0.4 is 16.4 Å². The second kappa shape index (κ2) is 7.94. The van der Waals surface area contributed by atoms with Gasteiger partial charge < -0.3 is 21.4 Å². The Morgan fingerprint density at radius 2 is 2.44 bits per heavy atom. The maximum Gasteiger partial charge on any atom is 0.164 e. The summed E-state index contributed by atoms with van der Waals surface area (Å²) in [6, 6.07) is 3.72. The number of rotatable bonds is 6. The SMILES string of the molecule is C=C/C(F)=C(\N=C(/N)c1c[nH]c2ncccc12)NC[C@H]1CCCNC1. The number of halogens is 1. The van der Waals surface area contributed by atoms with E-state index in [1.165, 1.54) is 0 Å². The normalized spacial score (nSPS) is 19.6. The first-order valence-corrected chi connectivity index (χ1v) is 8.42. The number of hydrogen-bond acceptors (Lipinski definition) is 4. The summed E-state index contributed by atoms with van der Waals surface area (Å²) in [5.74, 6) is 0.247. The molecule has 3 rings (SSSR count). The number of aromatic amines is 1. The fourth-order valence-electron chi connectivity index (χ4n) is 2.96. The molecule has 5 N–H and O–H groups in total. The lowest BCUT2D eigenvalue weighted by molar-refractivity contribution is 0.368. The molecule has 1 atom stereocenters. The molecule has 1 fully saturated rings. The zero-order chi connectivity index (χ0) is 17.6. The zero-order valence-electron chi connectivity index (χ0n) is 14.1. The third-order valence-corrected chi connectivity index (χ3v) is 4.32. The second-order valence-electron chi connectivity index (χ2n) is 6.09.